The zero-order chi connectivity index (χ0) is 19.5. The molecular weight excluding hydrogens is 364 g/mol. The Bertz CT molecular complexity index is 1090. The molecule has 0 radical (unpaired) electrons. The van der Waals surface area contributed by atoms with Gasteiger partial charge in [0.1, 0.15) is 0 Å². The average Bonchev–Trinajstić information content (AvgIpc) is 2.91. The maximum Gasteiger partial charge on any atom is 0.173 e. The molecule has 0 amide bonds. The van der Waals surface area contributed by atoms with Gasteiger partial charge >= 0.3 is 0 Å². The van der Waals surface area contributed by atoms with Crippen LogP contribution in [0, 0.1) is 10.8 Å². The number of anilines is 1. The quantitative estimate of drug-likeness (QED) is 0.446. The Kier molecular flexibility index (Phi) is 3.89. The van der Waals surface area contributed by atoms with Crippen molar-refractivity contribution in [3.63, 3.8) is 0 Å². The van der Waals surface area contributed by atoms with Gasteiger partial charge in [0.05, 0.1) is 11.2 Å². The molecule has 144 valence electrons. The summed E-state index contributed by atoms with van der Waals surface area (Å²) in [7, 11) is 0. The van der Waals surface area contributed by atoms with Crippen LogP contribution in [-0.4, -0.2) is 32.6 Å². The van der Waals surface area contributed by atoms with Crippen molar-refractivity contribution in [2.24, 2.45) is 10.8 Å². The van der Waals surface area contributed by atoms with Crippen LogP contribution < -0.4 is 5.32 Å². The minimum absolute atomic E-state index is 0.358. The second kappa shape index (κ2) is 6.11. The first-order valence-corrected chi connectivity index (χ1v) is 10.4. The van der Waals surface area contributed by atoms with E-state index in [0.717, 1.165) is 39.0 Å². The van der Waals surface area contributed by atoms with Crippen LogP contribution in [0.15, 0.2) is 42.9 Å². The molecule has 5 rings (SSSR count). The molecule has 1 N–H and O–H groups in total. The smallest absolute Gasteiger partial charge is 0.173 e. The molecular formula is C23H26N4S. The second-order valence-electron chi connectivity index (χ2n) is 9.69. The molecule has 2 atom stereocenters. The number of thiocarbonyl (C=S) groups is 1. The number of nitrogens with one attached hydrogen (secondary N) is 1. The fourth-order valence-electron chi connectivity index (χ4n) is 5.79. The highest BCUT2D eigenvalue weighted by atomic mass is 32.1. The first kappa shape index (κ1) is 17.8. The average molecular weight is 391 g/mol. The summed E-state index contributed by atoms with van der Waals surface area (Å²) in [5, 5.41) is 7.69. The van der Waals surface area contributed by atoms with E-state index in [0.29, 0.717) is 16.9 Å². The van der Waals surface area contributed by atoms with E-state index in [1.807, 2.05) is 30.7 Å². The molecule has 28 heavy (non-hydrogen) atoms. The largest absolute Gasteiger partial charge is 0.345 e. The number of nitrogens with zero attached hydrogens (tertiary/aromatic N) is 3. The molecule has 3 heterocycles. The second-order valence-corrected chi connectivity index (χ2v) is 10.1. The van der Waals surface area contributed by atoms with Gasteiger partial charge in [-0.25, -0.2) is 0 Å². The van der Waals surface area contributed by atoms with E-state index in [4.69, 9.17) is 12.2 Å². The van der Waals surface area contributed by atoms with E-state index in [-0.39, 0.29) is 0 Å². The molecule has 1 aliphatic heterocycles. The van der Waals surface area contributed by atoms with Crippen molar-refractivity contribution in [3.05, 3.63) is 42.9 Å². The Balaban J connectivity index is 1.51. The normalized spacial score (nSPS) is 26.0. The van der Waals surface area contributed by atoms with Gasteiger partial charge in [0.2, 0.25) is 0 Å². The monoisotopic (exact) mass is 390 g/mol. The Morgan fingerprint density at radius 3 is 2.89 bits per heavy atom. The number of hydrogen-bond donors (Lipinski definition) is 1. The van der Waals surface area contributed by atoms with E-state index in [1.54, 1.807) is 0 Å². The molecule has 2 fully saturated rings. The third-order valence-corrected chi connectivity index (χ3v) is 6.76. The van der Waals surface area contributed by atoms with Gasteiger partial charge in [-0.2, -0.15) is 0 Å². The maximum atomic E-state index is 5.91. The van der Waals surface area contributed by atoms with Crippen molar-refractivity contribution in [2.45, 2.75) is 46.1 Å². The fourth-order valence-corrected chi connectivity index (χ4v) is 6.11. The van der Waals surface area contributed by atoms with Gasteiger partial charge in [0.15, 0.2) is 5.11 Å². The predicted molar refractivity (Wildman–Crippen MR) is 119 cm³/mol. The molecule has 2 unspecified atom stereocenters. The fraction of sp³-hybridized carbons (Fsp3) is 0.435. The van der Waals surface area contributed by atoms with Crippen molar-refractivity contribution < 1.29 is 0 Å². The third-order valence-electron chi connectivity index (χ3n) is 6.42. The van der Waals surface area contributed by atoms with Crippen molar-refractivity contribution in [2.75, 3.05) is 11.9 Å². The predicted octanol–water partition coefficient (Wildman–Crippen LogP) is 5.38. The SMILES string of the molecule is CC1(C)CC2CC(C)(CN2C(=S)Nc2cc3ccncc3c3ncccc23)C1. The zero-order valence-corrected chi connectivity index (χ0v) is 17.5. The summed E-state index contributed by atoms with van der Waals surface area (Å²) in [6, 6.07) is 8.81. The first-order valence-electron chi connectivity index (χ1n) is 10.0. The van der Waals surface area contributed by atoms with E-state index < -0.39 is 0 Å². The summed E-state index contributed by atoms with van der Waals surface area (Å²) < 4.78 is 0. The standard InChI is InChI=1S/C23H26N4S/c1-22(2)10-16-11-23(3,13-22)14-27(16)21(28)26-19-9-15-6-8-24-12-18(15)20-17(19)5-4-7-25-20/h4-9,12,16H,10-11,13-14H2,1-3H3,(H,26,28). The lowest BCUT2D eigenvalue weighted by atomic mass is 9.65. The van der Waals surface area contributed by atoms with Crippen molar-refractivity contribution in [1.82, 2.24) is 14.9 Å². The number of aromatic nitrogens is 2. The van der Waals surface area contributed by atoms with E-state index in [9.17, 15) is 0 Å². The number of rotatable bonds is 1. The zero-order valence-electron chi connectivity index (χ0n) is 16.7. The van der Waals surface area contributed by atoms with Gasteiger partial charge in [-0.3, -0.25) is 9.97 Å². The lowest BCUT2D eigenvalue weighted by Crippen LogP contribution is -2.40. The third kappa shape index (κ3) is 2.93. The van der Waals surface area contributed by atoms with E-state index in [1.165, 1.54) is 19.3 Å². The van der Waals surface area contributed by atoms with Crippen LogP contribution in [0.25, 0.3) is 21.7 Å². The van der Waals surface area contributed by atoms with Crippen LogP contribution in [0.1, 0.15) is 40.0 Å². The van der Waals surface area contributed by atoms with Crippen molar-refractivity contribution in [1.29, 1.82) is 0 Å². The van der Waals surface area contributed by atoms with Gasteiger partial charge in [-0.1, -0.05) is 20.8 Å². The molecule has 2 aliphatic rings. The van der Waals surface area contributed by atoms with Crippen molar-refractivity contribution in [3.8, 4) is 0 Å². The minimum Gasteiger partial charge on any atom is -0.345 e. The number of likely N-dealkylation sites (tertiary alicyclic amines) is 1. The molecule has 1 aliphatic carbocycles. The van der Waals surface area contributed by atoms with Crippen LogP contribution >= 0.6 is 12.2 Å². The van der Waals surface area contributed by atoms with Crippen LogP contribution in [0.4, 0.5) is 5.69 Å². The van der Waals surface area contributed by atoms with Gasteiger partial charge in [-0.05, 0) is 72.0 Å². The Morgan fingerprint density at radius 2 is 2.04 bits per heavy atom. The summed E-state index contributed by atoms with van der Waals surface area (Å²) in [6.07, 6.45) is 9.26. The van der Waals surface area contributed by atoms with Crippen LogP contribution in [0.2, 0.25) is 0 Å². The molecule has 0 spiro atoms. The van der Waals surface area contributed by atoms with Crippen LogP contribution in [0.5, 0.6) is 0 Å². The molecule has 4 nitrogen and oxygen atoms in total. The number of pyridine rings is 2. The first-order chi connectivity index (χ1) is 13.3. The molecule has 2 aromatic heterocycles. The summed E-state index contributed by atoms with van der Waals surface area (Å²) >= 11 is 5.91. The highest BCUT2D eigenvalue weighted by Crippen LogP contribution is 2.52. The lowest BCUT2D eigenvalue weighted by molar-refractivity contribution is 0.132. The molecule has 2 bridgehead atoms. The Labute approximate surface area is 171 Å². The molecule has 5 heteroatoms. The van der Waals surface area contributed by atoms with E-state index >= 15 is 0 Å². The number of benzene rings is 1. The number of fused-ring (bicyclic) bond motifs is 5. The van der Waals surface area contributed by atoms with Crippen LogP contribution in [-0.2, 0) is 0 Å². The van der Waals surface area contributed by atoms with E-state index in [2.05, 4.69) is 53.1 Å². The lowest BCUT2D eigenvalue weighted by Gasteiger charge is -2.39. The molecule has 1 saturated carbocycles. The van der Waals surface area contributed by atoms with Gasteiger partial charge in [0.25, 0.3) is 0 Å². The maximum absolute atomic E-state index is 5.91. The molecule has 1 saturated heterocycles. The summed E-state index contributed by atoms with van der Waals surface area (Å²) in [5.41, 5.74) is 2.73. The minimum atomic E-state index is 0.358. The Hall–Kier alpha value is -2.27. The van der Waals surface area contributed by atoms with Crippen molar-refractivity contribution >= 4 is 44.7 Å². The van der Waals surface area contributed by atoms with Gasteiger partial charge < -0.3 is 10.2 Å². The summed E-state index contributed by atoms with van der Waals surface area (Å²) in [4.78, 5) is 11.3. The summed E-state index contributed by atoms with van der Waals surface area (Å²) in [5.74, 6) is 0. The van der Waals surface area contributed by atoms with Crippen LogP contribution in [0.3, 0.4) is 0 Å². The molecule has 3 aromatic rings. The Morgan fingerprint density at radius 1 is 1.18 bits per heavy atom. The van der Waals surface area contributed by atoms with Gasteiger partial charge in [-0.15, -0.1) is 0 Å². The van der Waals surface area contributed by atoms with Gasteiger partial charge in [0, 0.05) is 41.9 Å². The number of hydrogen-bond acceptors (Lipinski definition) is 3. The highest BCUT2D eigenvalue weighted by molar-refractivity contribution is 7.80. The topological polar surface area (TPSA) is 41.0 Å². The summed E-state index contributed by atoms with van der Waals surface area (Å²) in [6.45, 7) is 8.26. The molecule has 1 aromatic carbocycles. The highest BCUT2D eigenvalue weighted by Gasteiger charge is 2.50.